The van der Waals surface area contributed by atoms with Crippen molar-refractivity contribution < 1.29 is 4.79 Å². The molecule has 0 saturated heterocycles. The van der Waals surface area contributed by atoms with Gasteiger partial charge in [-0.25, -0.2) is 4.98 Å². The lowest BCUT2D eigenvalue weighted by molar-refractivity contribution is -0.116. The summed E-state index contributed by atoms with van der Waals surface area (Å²) in [6.45, 7) is 5.01. The van der Waals surface area contributed by atoms with E-state index in [-0.39, 0.29) is 11.8 Å². The zero-order valence-corrected chi connectivity index (χ0v) is 13.6. The zero-order chi connectivity index (χ0) is 15.5. The number of amides is 1. The number of carbonyl (C=O) groups excluding carboxylic acids is 1. The molecule has 1 amide bonds. The largest absolute Gasteiger partial charge is 0.360 e. The molecule has 116 valence electrons. The molecule has 1 atom stereocenters. The Balaban J connectivity index is 1.66. The maximum Gasteiger partial charge on any atom is 0.225 e. The summed E-state index contributed by atoms with van der Waals surface area (Å²) in [6, 6.07) is 7.98. The Labute approximate surface area is 134 Å². The molecule has 0 aliphatic carbocycles. The predicted molar refractivity (Wildman–Crippen MR) is 89.4 cm³/mol. The van der Waals surface area contributed by atoms with Gasteiger partial charge in [-0.2, -0.15) is 4.37 Å². The van der Waals surface area contributed by atoms with Gasteiger partial charge in [-0.1, -0.05) is 32.0 Å². The SMILES string of the molecule is CC(C)Cc1nsc(NCC2CC(=O)Nc3ccccc32)n1. The maximum absolute atomic E-state index is 11.8. The lowest BCUT2D eigenvalue weighted by Crippen LogP contribution is -2.26. The molecule has 1 aliphatic heterocycles. The summed E-state index contributed by atoms with van der Waals surface area (Å²) in [5.74, 6) is 1.69. The highest BCUT2D eigenvalue weighted by Gasteiger charge is 2.24. The molecule has 0 radical (unpaired) electrons. The van der Waals surface area contributed by atoms with Gasteiger partial charge < -0.3 is 10.6 Å². The van der Waals surface area contributed by atoms with Gasteiger partial charge >= 0.3 is 0 Å². The first-order chi connectivity index (χ1) is 10.6. The molecule has 0 bridgehead atoms. The number of carbonyl (C=O) groups is 1. The quantitative estimate of drug-likeness (QED) is 0.888. The summed E-state index contributed by atoms with van der Waals surface area (Å²) in [6.07, 6.45) is 1.40. The second kappa shape index (κ2) is 6.44. The van der Waals surface area contributed by atoms with Crippen molar-refractivity contribution in [2.24, 2.45) is 5.92 Å². The molecule has 1 aromatic heterocycles. The fourth-order valence-corrected chi connectivity index (χ4v) is 3.27. The summed E-state index contributed by atoms with van der Waals surface area (Å²) in [7, 11) is 0. The third-order valence-electron chi connectivity index (χ3n) is 3.67. The smallest absolute Gasteiger partial charge is 0.225 e. The first-order valence-corrected chi connectivity index (χ1v) is 8.34. The highest BCUT2D eigenvalue weighted by Crippen LogP contribution is 2.32. The fraction of sp³-hybridized carbons (Fsp3) is 0.438. The van der Waals surface area contributed by atoms with Crippen molar-refractivity contribution in [3.05, 3.63) is 35.7 Å². The molecule has 1 aromatic carbocycles. The van der Waals surface area contributed by atoms with E-state index >= 15 is 0 Å². The minimum atomic E-state index is 0.0725. The van der Waals surface area contributed by atoms with Crippen molar-refractivity contribution in [2.75, 3.05) is 17.2 Å². The van der Waals surface area contributed by atoms with Crippen LogP contribution in [0.4, 0.5) is 10.8 Å². The highest BCUT2D eigenvalue weighted by atomic mass is 32.1. The Bertz CT molecular complexity index is 668. The predicted octanol–water partition coefficient (Wildman–Crippen LogP) is 3.27. The van der Waals surface area contributed by atoms with Crippen LogP contribution in [0.15, 0.2) is 24.3 Å². The number of benzene rings is 1. The Kier molecular flexibility index (Phi) is 4.38. The molecular weight excluding hydrogens is 296 g/mol. The molecule has 1 aliphatic rings. The minimum absolute atomic E-state index is 0.0725. The van der Waals surface area contributed by atoms with Crippen molar-refractivity contribution in [1.82, 2.24) is 9.36 Å². The van der Waals surface area contributed by atoms with Crippen LogP contribution in [-0.4, -0.2) is 21.8 Å². The number of hydrogen-bond acceptors (Lipinski definition) is 5. The van der Waals surface area contributed by atoms with E-state index < -0.39 is 0 Å². The topological polar surface area (TPSA) is 66.9 Å². The second-order valence-corrected chi connectivity index (χ2v) is 6.78. The van der Waals surface area contributed by atoms with Gasteiger partial charge in [0.15, 0.2) is 0 Å². The second-order valence-electron chi connectivity index (χ2n) is 6.03. The number of hydrogen-bond donors (Lipinski definition) is 2. The van der Waals surface area contributed by atoms with Gasteiger partial charge in [0.05, 0.1) is 0 Å². The molecule has 0 spiro atoms. The molecule has 22 heavy (non-hydrogen) atoms. The lowest BCUT2D eigenvalue weighted by atomic mass is 9.90. The van der Waals surface area contributed by atoms with E-state index in [1.54, 1.807) is 0 Å². The standard InChI is InChI=1S/C16H20N4OS/c1-10(2)7-14-19-16(22-20-14)17-9-11-8-15(21)18-13-6-4-3-5-12(11)13/h3-6,10-11H,7-9H2,1-2H3,(H,18,21)(H,17,19,20). The average molecular weight is 316 g/mol. The van der Waals surface area contributed by atoms with Crippen LogP contribution in [-0.2, 0) is 11.2 Å². The third kappa shape index (κ3) is 3.44. The minimum Gasteiger partial charge on any atom is -0.360 e. The van der Waals surface area contributed by atoms with Crippen LogP contribution in [0.3, 0.4) is 0 Å². The van der Waals surface area contributed by atoms with E-state index in [9.17, 15) is 4.79 Å². The van der Waals surface area contributed by atoms with E-state index in [0.717, 1.165) is 23.1 Å². The Morgan fingerprint density at radius 3 is 3.05 bits per heavy atom. The summed E-state index contributed by atoms with van der Waals surface area (Å²) >= 11 is 1.39. The summed E-state index contributed by atoms with van der Waals surface area (Å²) in [5.41, 5.74) is 2.10. The molecule has 2 N–H and O–H groups in total. The van der Waals surface area contributed by atoms with Gasteiger partial charge in [-0.3, -0.25) is 4.79 Å². The van der Waals surface area contributed by atoms with Crippen molar-refractivity contribution in [1.29, 1.82) is 0 Å². The van der Waals surface area contributed by atoms with E-state index in [2.05, 4.69) is 39.9 Å². The van der Waals surface area contributed by atoms with Crippen molar-refractivity contribution in [2.45, 2.75) is 32.6 Å². The highest BCUT2D eigenvalue weighted by molar-refractivity contribution is 7.09. The lowest BCUT2D eigenvalue weighted by Gasteiger charge is -2.25. The summed E-state index contributed by atoms with van der Waals surface area (Å²) in [5, 5.41) is 7.09. The number of aromatic nitrogens is 2. The fourth-order valence-electron chi connectivity index (χ4n) is 2.67. The van der Waals surface area contributed by atoms with Crippen LogP contribution in [0.1, 0.15) is 37.6 Å². The number of nitrogens with one attached hydrogen (secondary N) is 2. The summed E-state index contributed by atoms with van der Waals surface area (Å²) < 4.78 is 4.37. The zero-order valence-electron chi connectivity index (χ0n) is 12.8. The Morgan fingerprint density at radius 2 is 2.23 bits per heavy atom. The van der Waals surface area contributed by atoms with Gasteiger partial charge in [0.25, 0.3) is 0 Å². The van der Waals surface area contributed by atoms with Crippen LogP contribution >= 0.6 is 11.5 Å². The molecule has 1 unspecified atom stereocenters. The normalized spacial score (nSPS) is 17.2. The van der Waals surface area contributed by atoms with Crippen molar-refractivity contribution in [3.63, 3.8) is 0 Å². The van der Waals surface area contributed by atoms with Gasteiger partial charge in [-0.05, 0) is 17.5 Å². The van der Waals surface area contributed by atoms with Crippen LogP contribution in [0.5, 0.6) is 0 Å². The van der Waals surface area contributed by atoms with Gasteiger partial charge in [-0.15, -0.1) is 0 Å². The first kappa shape index (κ1) is 15.0. The molecule has 5 nitrogen and oxygen atoms in total. The first-order valence-electron chi connectivity index (χ1n) is 7.57. The molecule has 2 aromatic rings. The van der Waals surface area contributed by atoms with Crippen LogP contribution < -0.4 is 10.6 Å². The number of rotatable bonds is 5. The Hall–Kier alpha value is -1.95. The van der Waals surface area contributed by atoms with Crippen molar-refractivity contribution >= 4 is 28.3 Å². The molecule has 3 rings (SSSR count). The number of fused-ring (bicyclic) bond motifs is 1. The van der Waals surface area contributed by atoms with Gasteiger partial charge in [0, 0.05) is 42.5 Å². The molecule has 0 saturated carbocycles. The number of nitrogens with zero attached hydrogens (tertiary/aromatic N) is 2. The Morgan fingerprint density at radius 1 is 1.41 bits per heavy atom. The number of anilines is 2. The van der Waals surface area contributed by atoms with Crippen LogP contribution in [0.2, 0.25) is 0 Å². The van der Waals surface area contributed by atoms with Gasteiger partial charge in [0.1, 0.15) is 5.82 Å². The molecule has 0 fully saturated rings. The third-order valence-corrected chi connectivity index (χ3v) is 4.38. The van der Waals surface area contributed by atoms with Crippen LogP contribution in [0, 0.1) is 5.92 Å². The monoisotopic (exact) mass is 316 g/mol. The van der Waals surface area contributed by atoms with E-state index in [1.165, 1.54) is 17.1 Å². The van der Waals surface area contributed by atoms with Gasteiger partial charge in [0.2, 0.25) is 11.0 Å². The molecule has 6 heteroatoms. The maximum atomic E-state index is 11.8. The number of para-hydroxylation sites is 1. The average Bonchev–Trinajstić information content (AvgIpc) is 2.91. The van der Waals surface area contributed by atoms with E-state index in [0.29, 0.717) is 18.9 Å². The molecule has 2 heterocycles. The summed E-state index contributed by atoms with van der Waals surface area (Å²) in [4.78, 5) is 16.3. The van der Waals surface area contributed by atoms with Crippen molar-refractivity contribution in [3.8, 4) is 0 Å². The van der Waals surface area contributed by atoms with Crippen LogP contribution in [0.25, 0.3) is 0 Å². The molecular formula is C16H20N4OS. The van der Waals surface area contributed by atoms with E-state index in [4.69, 9.17) is 0 Å². The van der Waals surface area contributed by atoms with E-state index in [1.807, 2.05) is 18.2 Å².